The largest absolute Gasteiger partial charge is 0.379 e. The summed E-state index contributed by atoms with van der Waals surface area (Å²) in [5.41, 5.74) is 0. The number of nitrogens with zero attached hydrogens (tertiary/aromatic N) is 2. The van der Waals surface area contributed by atoms with Gasteiger partial charge in [-0.15, -0.1) is 0 Å². The molecule has 0 aliphatic carbocycles. The van der Waals surface area contributed by atoms with Crippen LogP contribution in [0.1, 0.15) is 0 Å². The summed E-state index contributed by atoms with van der Waals surface area (Å²) in [5, 5.41) is 0. The SMILES string of the molecule is O=S(=O)(c1cncc(Br)c1)N1CCOCC1. The lowest BCUT2D eigenvalue weighted by Crippen LogP contribution is -2.40. The maximum absolute atomic E-state index is 12.1. The Morgan fingerprint density at radius 1 is 1.31 bits per heavy atom. The molecule has 1 aromatic rings. The van der Waals surface area contributed by atoms with Crippen LogP contribution in [0.3, 0.4) is 0 Å². The zero-order valence-corrected chi connectivity index (χ0v) is 10.9. The number of halogens is 1. The molecule has 5 nitrogen and oxygen atoms in total. The first-order valence-electron chi connectivity index (χ1n) is 4.79. The summed E-state index contributed by atoms with van der Waals surface area (Å²) >= 11 is 3.21. The first-order chi connectivity index (χ1) is 7.60. The summed E-state index contributed by atoms with van der Waals surface area (Å²) < 4.78 is 31.5. The van der Waals surface area contributed by atoms with Gasteiger partial charge < -0.3 is 4.74 Å². The Morgan fingerprint density at radius 2 is 2.00 bits per heavy atom. The average molecular weight is 307 g/mol. The van der Waals surface area contributed by atoms with Crippen molar-refractivity contribution in [2.24, 2.45) is 0 Å². The fourth-order valence-electron chi connectivity index (χ4n) is 1.47. The summed E-state index contributed by atoms with van der Waals surface area (Å²) in [4.78, 5) is 4.07. The highest BCUT2D eigenvalue weighted by molar-refractivity contribution is 9.10. The second-order valence-corrected chi connectivity index (χ2v) is 6.21. The second kappa shape index (κ2) is 4.79. The van der Waals surface area contributed by atoms with Gasteiger partial charge >= 0.3 is 0 Å². The van der Waals surface area contributed by atoms with E-state index in [4.69, 9.17) is 4.74 Å². The minimum atomic E-state index is -3.42. The minimum Gasteiger partial charge on any atom is -0.379 e. The third kappa shape index (κ3) is 2.42. The molecule has 0 spiro atoms. The molecule has 1 aliphatic rings. The third-order valence-electron chi connectivity index (χ3n) is 2.29. The fraction of sp³-hybridized carbons (Fsp3) is 0.444. The monoisotopic (exact) mass is 306 g/mol. The van der Waals surface area contributed by atoms with Gasteiger partial charge in [-0.25, -0.2) is 8.42 Å². The quantitative estimate of drug-likeness (QED) is 0.813. The Balaban J connectivity index is 2.30. The van der Waals surface area contributed by atoms with Gasteiger partial charge in [0.05, 0.1) is 13.2 Å². The van der Waals surface area contributed by atoms with Crippen LogP contribution in [0.25, 0.3) is 0 Å². The van der Waals surface area contributed by atoms with Gasteiger partial charge in [0.15, 0.2) is 0 Å². The fourth-order valence-corrected chi connectivity index (χ4v) is 3.38. The Morgan fingerprint density at radius 3 is 2.62 bits per heavy atom. The van der Waals surface area contributed by atoms with Gasteiger partial charge in [-0.3, -0.25) is 4.98 Å². The van der Waals surface area contributed by atoms with Gasteiger partial charge in [0.1, 0.15) is 4.90 Å². The standard InChI is InChI=1S/C9H11BrN2O3S/c10-8-5-9(7-11-6-8)16(13,14)12-1-3-15-4-2-12/h5-7H,1-4H2. The molecule has 7 heteroatoms. The van der Waals surface area contributed by atoms with Gasteiger partial charge in [0.2, 0.25) is 10.0 Å². The first kappa shape index (κ1) is 12.0. The van der Waals surface area contributed by atoms with E-state index in [1.54, 1.807) is 12.3 Å². The molecular weight excluding hydrogens is 296 g/mol. The lowest BCUT2D eigenvalue weighted by molar-refractivity contribution is 0.0730. The smallest absolute Gasteiger partial charge is 0.244 e. The summed E-state index contributed by atoms with van der Waals surface area (Å²) in [7, 11) is -3.42. The maximum atomic E-state index is 12.1. The van der Waals surface area contributed by atoms with Gasteiger partial charge in [-0.2, -0.15) is 4.31 Å². The number of pyridine rings is 1. The van der Waals surface area contributed by atoms with Crippen molar-refractivity contribution in [3.05, 3.63) is 22.9 Å². The molecule has 0 saturated carbocycles. The van der Waals surface area contributed by atoms with Crippen molar-refractivity contribution < 1.29 is 13.2 Å². The lowest BCUT2D eigenvalue weighted by Gasteiger charge is -2.25. The van der Waals surface area contributed by atoms with Crippen molar-refractivity contribution in [2.75, 3.05) is 26.3 Å². The van der Waals surface area contributed by atoms with Crippen molar-refractivity contribution in [2.45, 2.75) is 4.90 Å². The van der Waals surface area contributed by atoms with Crippen LogP contribution in [-0.2, 0) is 14.8 Å². The number of morpholine rings is 1. The topological polar surface area (TPSA) is 59.5 Å². The summed E-state index contributed by atoms with van der Waals surface area (Å²) in [6, 6.07) is 1.55. The van der Waals surface area contributed by atoms with E-state index in [1.807, 2.05) is 0 Å². The zero-order chi connectivity index (χ0) is 11.6. The van der Waals surface area contributed by atoms with Crippen molar-refractivity contribution >= 4 is 26.0 Å². The molecule has 0 amide bonds. The minimum absolute atomic E-state index is 0.212. The van der Waals surface area contributed by atoms with Crippen LogP contribution in [0.4, 0.5) is 0 Å². The summed E-state index contributed by atoms with van der Waals surface area (Å²) in [6.07, 6.45) is 2.91. The normalized spacial score (nSPS) is 18.6. The predicted molar refractivity (Wildman–Crippen MR) is 61.5 cm³/mol. The lowest BCUT2D eigenvalue weighted by atomic mass is 10.5. The van der Waals surface area contributed by atoms with Gasteiger partial charge in [0.25, 0.3) is 0 Å². The molecule has 0 atom stereocenters. The predicted octanol–water partition coefficient (Wildman–Crippen LogP) is 0.865. The number of rotatable bonds is 2. The van der Waals surface area contributed by atoms with E-state index in [2.05, 4.69) is 20.9 Å². The van der Waals surface area contributed by atoms with E-state index >= 15 is 0 Å². The van der Waals surface area contributed by atoms with Crippen LogP contribution in [0.15, 0.2) is 27.8 Å². The van der Waals surface area contributed by atoms with Crippen molar-refractivity contribution in [3.63, 3.8) is 0 Å². The molecule has 2 rings (SSSR count). The van der Waals surface area contributed by atoms with Crippen LogP contribution >= 0.6 is 15.9 Å². The molecule has 0 unspecified atom stereocenters. The number of ether oxygens (including phenoxy) is 1. The van der Waals surface area contributed by atoms with Crippen LogP contribution in [0.5, 0.6) is 0 Å². The Labute approximate surface area is 103 Å². The van der Waals surface area contributed by atoms with Crippen molar-refractivity contribution in [3.8, 4) is 0 Å². The molecule has 1 fully saturated rings. The highest BCUT2D eigenvalue weighted by Crippen LogP contribution is 2.19. The van der Waals surface area contributed by atoms with Crippen LogP contribution in [-0.4, -0.2) is 44.0 Å². The van der Waals surface area contributed by atoms with Gasteiger partial charge in [-0.1, -0.05) is 0 Å². The second-order valence-electron chi connectivity index (χ2n) is 3.36. The highest BCUT2D eigenvalue weighted by atomic mass is 79.9. The first-order valence-corrected chi connectivity index (χ1v) is 7.02. The van der Waals surface area contributed by atoms with Gasteiger partial charge in [-0.05, 0) is 22.0 Å². The molecule has 1 saturated heterocycles. The van der Waals surface area contributed by atoms with Gasteiger partial charge in [0, 0.05) is 30.0 Å². The highest BCUT2D eigenvalue weighted by Gasteiger charge is 2.26. The number of aromatic nitrogens is 1. The Bertz CT molecular complexity index is 471. The maximum Gasteiger partial charge on any atom is 0.244 e. The molecule has 0 aromatic carbocycles. The summed E-state index contributed by atoms with van der Waals surface area (Å²) in [6.45, 7) is 1.69. The van der Waals surface area contributed by atoms with Crippen molar-refractivity contribution in [1.82, 2.24) is 9.29 Å². The van der Waals surface area contributed by atoms with E-state index < -0.39 is 10.0 Å². The molecule has 0 radical (unpaired) electrons. The molecule has 0 bridgehead atoms. The zero-order valence-electron chi connectivity index (χ0n) is 8.47. The van der Waals surface area contributed by atoms with E-state index in [1.165, 1.54) is 10.5 Å². The Kier molecular flexibility index (Phi) is 3.58. The molecule has 16 heavy (non-hydrogen) atoms. The number of sulfonamides is 1. The molecule has 0 N–H and O–H groups in total. The van der Waals surface area contributed by atoms with E-state index in [0.29, 0.717) is 30.8 Å². The van der Waals surface area contributed by atoms with Crippen LogP contribution in [0, 0.1) is 0 Å². The number of hydrogen-bond acceptors (Lipinski definition) is 4. The molecule has 1 aromatic heterocycles. The molecule has 1 aliphatic heterocycles. The third-order valence-corrected chi connectivity index (χ3v) is 4.59. The number of hydrogen-bond donors (Lipinski definition) is 0. The summed E-state index contributed by atoms with van der Waals surface area (Å²) in [5.74, 6) is 0. The average Bonchev–Trinajstić information content (AvgIpc) is 2.30. The van der Waals surface area contributed by atoms with Crippen molar-refractivity contribution in [1.29, 1.82) is 0 Å². The van der Waals surface area contributed by atoms with E-state index in [-0.39, 0.29) is 4.90 Å². The molecule has 88 valence electrons. The van der Waals surface area contributed by atoms with Crippen LogP contribution in [0.2, 0.25) is 0 Å². The van der Waals surface area contributed by atoms with E-state index in [9.17, 15) is 8.42 Å². The Hall–Kier alpha value is -0.500. The van der Waals surface area contributed by atoms with Crippen LogP contribution < -0.4 is 0 Å². The van der Waals surface area contributed by atoms with E-state index in [0.717, 1.165) is 0 Å². The molecular formula is C9H11BrN2O3S. The molecule has 2 heterocycles.